The molecule has 0 amide bonds. The van der Waals surface area contributed by atoms with Crippen molar-refractivity contribution in [2.45, 2.75) is 86.4 Å². The molecule has 2 unspecified atom stereocenters. The van der Waals surface area contributed by atoms with Crippen molar-refractivity contribution in [1.82, 2.24) is 4.90 Å². The SMILES string of the molecule is C=CCN1C2Cc3ccc(O)c4c3[C@@]35C[C@@]1(CCC(OC(C)(C)CCO)[C@@H]3O4)[C@@]25O. The number of hydrogen-bond donors (Lipinski definition) is 3. The molecule has 2 saturated carbocycles. The number of benzene rings is 1. The number of rotatable bonds is 6. The second kappa shape index (κ2) is 5.60. The van der Waals surface area contributed by atoms with Crippen LogP contribution >= 0.6 is 0 Å². The molecule has 6 rings (SSSR count). The third kappa shape index (κ3) is 1.80. The molecule has 6 nitrogen and oxygen atoms in total. The van der Waals surface area contributed by atoms with Crippen LogP contribution in [0.3, 0.4) is 0 Å². The van der Waals surface area contributed by atoms with Gasteiger partial charge in [-0.3, -0.25) is 4.90 Å². The Labute approximate surface area is 177 Å². The molecule has 6 heteroatoms. The van der Waals surface area contributed by atoms with E-state index in [0.717, 1.165) is 43.4 Å². The minimum absolute atomic E-state index is 0.0301. The van der Waals surface area contributed by atoms with E-state index in [1.165, 1.54) is 0 Å². The third-order valence-electron chi connectivity index (χ3n) is 8.87. The van der Waals surface area contributed by atoms with Gasteiger partial charge in [0.25, 0.3) is 0 Å². The lowest BCUT2D eigenvalue weighted by atomic mass is 9.33. The number of aromatic hydroxyl groups is 1. The van der Waals surface area contributed by atoms with Gasteiger partial charge in [0.15, 0.2) is 11.5 Å². The third-order valence-corrected chi connectivity index (χ3v) is 8.87. The molecule has 1 aromatic rings. The molecule has 30 heavy (non-hydrogen) atoms. The van der Waals surface area contributed by atoms with Crippen LogP contribution in [0.25, 0.3) is 0 Å². The number of aliphatic hydroxyl groups excluding tert-OH is 1. The van der Waals surface area contributed by atoms with Gasteiger partial charge in [0.2, 0.25) is 0 Å². The molecule has 6 atom stereocenters. The van der Waals surface area contributed by atoms with Crippen LogP contribution in [0.15, 0.2) is 24.8 Å². The smallest absolute Gasteiger partial charge is 0.165 e. The molecule has 1 aromatic carbocycles. The highest BCUT2D eigenvalue weighted by Crippen LogP contribution is 2.79. The summed E-state index contributed by atoms with van der Waals surface area (Å²) in [4.78, 5) is 2.44. The summed E-state index contributed by atoms with van der Waals surface area (Å²) in [5.74, 6) is 0.682. The molecule has 5 aliphatic rings. The van der Waals surface area contributed by atoms with E-state index in [2.05, 4.69) is 11.5 Å². The number of phenols is 1. The summed E-state index contributed by atoms with van der Waals surface area (Å²) >= 11 is 0. The molecule has 3 N–H and O–H groups in total. The minimum Gasteiger partial charge on any atom is -0.504 e. The first kappa shape index (κ1) is 19.1. The lowest BCUT2D eigenvalue weighted by Crippen LogP contribution is -2.99. The van der Waals surface area contributed by atoms with Crippen molar-refractivity contribution in [2.24, 2.45) is 0 Å². The zero-order chi connectivity index (χ0) is 21.1. The molecule has 0 radical (unpaired) electrons. The minimum atomic E-state index is -0.876. The average molecular weight is 414 g/mol. The van der Waals surface area contributed by atoms with Crippen LogP contribution in [0, 0.1) is 0 Å². The number of hydrogen-bond acceptors (Lipinski definition) is 6. The summed E-state index contributed by atoms with van der Waals surface area (Å²) in [6, 6.07) is 3.74. The van der Waals surface area contributed by atoms with Crippen molar-refractivity contribution in [3.05, 3.63) is 35.9 Å². The molecule has 3 fully saturated rings. The zero-order valence-corrected chi connectivity index (χ0v) is 17.7. The Morgan fingerprint density at radius 1 is 1.40 bits per heavy atom. The van der Waals surface area contributed by atoms with Gasteiger partial charge >= 0.3 is 0 Å². The van der Waals surface area contributed by atoms with Gasteiger partial charge in [-0.05, 0) is 57.6 Å². The van der Waals surface area contributed by atoms with Gasteiger partial charge in [0, 0.05) is 24.8 Å². The summed E-state index contributed by atoms with van der Waals surface area (Å²) in [5, 5.41) is 32.4. The zero-order valence-electron chi connectivity index (χ0n) is 17.7. The summed E-state index contributed by atoms with van der Waals surface area (Å²) in [5.41, 5.74) is -0.0283. The number of nitrogens with zero attached hydrogens (tertiary/aromatic N) is 1. The first-order chi connectivity index (χ1) is 14.3. The summed E-state index contributed by atoms with van der Waals surface area (Å²) in [7, 11) is 0. The van der Waals surface area contributed by atoms with Crippen LogP contribution in [-0.4, -0.2) is 68.4 Å². The maximum absolute atomic E-state index is 12.3. The number of phenolic OH excluding ortho intramolecular Hbond substituents is 1. The molecule has 2 bridgehead atoms. The molecule has 3 aliphatic carbocycles. The van der Waals surface area contributed by atoms with Crippen molar-refractivity contribution in [2.75, 3.05) is 13.2 Å². The summed E-state index contributed by atoms with van der Waals surface area (Å²) in [6.07, 6.45) is 5.10. The monoisotopic (exact) mass is 413 g/mol. The lowest BCUT2D eigenvalue weighted by Gasteiger charge is -2.83. The van der Waals surface area contributed by atoms with E-state index in [1.54, 1.807) is 6.07 Å². The Balaban J connectivity index is 1.51. The van der Waals surface area contributed by atoms with Crippen molar-refractivity contribution >= 4 is 0 Å². The maximum atomic E-state index is 12.3. The second-order valence-corrected chi connectivity index (χ2v) is 10.5. The van der Waals surface area contributed by atoms with Crippen LogP contribution in [0.2, 0.25) is 0 Å². The Kier molecular flexibility index (Phi) is 3.57. The van der Waals surface area contributed by atoms with Gasteiger partial charge in [-0.2, -0.15) is 0 Å². The van der Waals surface area contributed by atoms with Crippen molar-refractivity contribution in [1.29, 1.82) is 0 Å². The Morgan fingerprint density at radius 2 is 2.20 bits per heavy atom. The normalized spacial score (nSPS) is 42.5. The van der Waals surface area contributed by atoms with E-state index < -0.39 is 16.6 Å². The number of piperidine rings is 1. The molecule has 2 heterocycles. The van der Waals surface area contributed by atoms with E-state index >= 15 is 0 Å². The molecule has 0 aromatic heterocycles. The lowest BCUT2D eigenvalue weighted by molar-refractivity contribution is -0.372. The Morgan fingerprint density at radius 3 is 2.93 bits per heavy atom. The second-order valence-electron chi connectivity index (χ2n) is 10.5. The van der Waals surface area contributed by atoms with Crippen LogP contribution in [0.4, 0.5) is 0 Å². The highest BCUT2D eigenvalue weighted by Gasteiger charge is 2.92. The van der Waals surface area contributed by atoms with Crippen molar-refractivity contribution in [3.8, 4) is 11.5 Å². The van der Waals surface area contributed by atoms with Crippen molar-refractivity contribution in [3.63, 3.8) is 0 Å². The predicted octanol–water partition coefficient (Wildman–Crippen LogP) is 2.03. The quantitative estimate of drug-likeness (QED) is 0.619. The largest absolute Gasteiger partial charge is 0.504 e. The highest BCUT2D eigenvalue weighted by atomic mass is 16.6. The van der Waals surface area contributed by atoms with Gasteiger partial charge < -0.3 is 24.8 Å². The van der Waals surface area contributed by atoms with Gasteiger partial charge in [0.05, 0.1) is 22.7 Å². The van der Waals surface area contributed by atoms with E-state index in [0.29, 0.717) is 12.2 Å². The molecular formula is C24H31NO5. The van der Waals surface area contributed by atoms with Crippen LogP contribution in [-0.2, 0) is 16.6 Å². The Bertz CT molecular complexity index is 946. The number of likely N-dealkylation sites (tertiary alicyclic amines) is 1. The predicted molar refractivity (Wildman–Crippen MR) is 111 cm³/mol. The fraction of sp³-hybridized carbons (Fsp3) is 0.667. The first-order valence-corrected chi connectivity index (χ1v) is 11.2. The fourth-order valence-corrected chi connectivity index (χ4v) is 7.90. The van der Waals surface area contributed by atoms with E-state index in [4.69, 9.17) is 9.47 Å². The van der Waals surface area contributed by atoms with Crippen LogP contribution < -0.4 is 4.74 Å². The molecular weight excluding hydrogens is 382 g/mol. The van der Waals surface area contributed by atoms with Gasteiger partial charge in [-0.1, -0.05) is 12.1 Å². The fourth-order valence-electron chi connectivity index (χ4n) is 7.90. The van der Waals surface area contributed by atoms with E-state index in [-0.39, 0.29) is 36.1 Å². The van der Waals surface area contributed by atoms with E-state index in [9.17, 15) is 15.3 Å². The van der Waals surface area contributed by atoms with Crippen LogP contribution in [0.1, 0.15) is 50.7 Å². The van der Waals surface area contributed by atoms with E-state index in [1.807, 2.05) is 26.0 Å². The molecule has 162 valence electrons. The van der Waals surface area contributed by atoms with Crippen LogP contribution in [0.5, 0.6) is 11.5 Å². The van der Waals surface area contributed by atoms with Gasteiger partial charge in [0.1, 0.15) is 11.7 Å². The number of ether oxygens (including phenoxy) is 2. The maximum Gasteiger partial charge on any atom is 0.165 e. The molecule has 1 saturated heterocycles. The molecule has 2 spiro atoms. The summed E-state index contributed by atoms with van der Waals surface area (Å²) in [6.45, 7) is 8.77. The number of aliphatic hydroxyl groups is 2. The highest BCUT2D eigenvalue weighted by molar-refractivity contribution is 5.68. The van der Waals surface area contributed by atoms with Crippen molar-refractivity contribution < 1.29 is 24.8 Å². The topological polar surface area (TPSA) is 82.4 Å². The molecule has 2 aliphatic heterocycles. The first-order valence-electron chi connectivity index (χ1n) is 11.2. The van der Waals surface area contributed by atoms with Gasteiger partial charge in [-0.25, -0.2) is 0 Å². The standard InChI is InChI=1S/C24H31NO5/c1-4-10-25-17-12-14-5-6-15(27)19-18(14)23-13-22(25,24(17,23)28)8-7-16(20(23)29-19)30-21(2,3)9-11-26/h4-6,16-17,20,26-28H,1,7-13H2,2-3H3/t16?,17?,20-,22-,23-,24-/m0/s1. The van der Waals surface area contributed by atoms with Gasteiger partial charge in [-0.15, -0.1) is 6.58 Å². The Hall–Kier alpha value is -1.60. The summed E-state index contributed by atoms with van der Waals surface area (Å²) < 4.78 is 13.1. The average Bonchev–Trinajstić information content (AvgIpc) is 2.94.